The van der Waals surface area contributed by atoms with E-state index < -0.39 is 17.8 Å². The molecule has 0 aliphatic heterocycles. The molecular formula is C15H21ClN2O4. The van der Waals surface area contributed by atoms with Gasteiger partial charge in [0.1, 0.15) is 12.2 Å². The third-order valence-electron chi connectivity index (χ3n) is 2.32. The van der Waals surface area contributed by atoms with Gasteiger partial charge in [0.2, 0.25) is 0 Å². The number of alkyl carbamates (subject to hydrolysis) is 1. The molecule has 0 saturated heterocycles. The van der Waals surface area contributed by atoms with Crippen molar-refractivity contribution in [2.24, 2.45) is 0 Å². The van der Waals surface area contributed by atoms with Crippen LogP contribution in [0, 0.1) is 0 Å². The first kappa shape index (κ1) is 18.1. The topological polar surface area (TPSA) is 76.7 Å². The summed E-state index contributed by atoms with van der Waals surface area (Å²) in [6.07, 6.45) is -1.06. The third kappa shape index (κ3) is 7.73. The minimum Gasteiger partial charge on any atom is -0.448 e. The van der Waals surface area contributed by atoms with Gasteiger partial charge >= 0.3 is 12.2 Å². The van der Waals surface area contributed by atoms with E-state index in [1.54, 1.807) is 39.0 Å². The van der Waals surface area contributed by atoms with Crippen LogP contribution in [-0.4, -0.2) is 30.3 Å². The number of hydrogen-bond acceptors (Lipinski definition) is 4. The lowest BCUT2D eigenvalue weighted by Gasteiger charge is -2.19. The van der Waals surface area contributed by atoms with Gasteiger partial charge in [-0.25, -0.2) is 9.59 Å². The van der Waals surface area contributed by atoms with Gasteiger partial charge in [-0.1, -0.05) is 12.1 Å². The Hall–Kier alpha value is -1.95. The number of nitrogens with one attached hydrogen (secondary N) is 2. The number of ether oxygens (including phenoxy) is 2. The van der Waals surface area contributed by atoms with E-state index in [1.807, 2.05) is 6.07 Å². The SMILES string of the molecule is CC(C)(C)OC(=O)NCc1cccc(NC(=O)OCCCl)c1. The highest BCUT2D eigenvalue weighted by atomic mass is 35.5. The first-order valence-corrected chi connectivity index (χ1v) is 7.39. The smallest absolute Gasteiger partial charge is 0.411 e. The maximum atomic E-state index is 11.6. The van der Waals surface area contributed by atoms with Crippen molar-refractivity contribution >= 4 is 29.5 Å². The maximum Gasteiger partial charge on any atom is 0.411 e. The molecule has 1 rings (SSSR count). The van der Waals surface area contributed by atoms with E-state index in [-0.39, 0.29) is 12.5 Å². The Labute approximate surface area is 135 Å². The minimum atomic E-state index is -0.571. The van der Waals surface area contributed by atoms with Gasteiger partial charge in [-0.15, -0.1) is 11.6 Å². The lowest BCUT2D eigenvalue weighted by atomic mass is 10.2. The van der Waals surface area contributed by atoms with Gasteiger partial charge < -0.3 is 14.8 Å². The van der Waals surface area contributed by atoms with Crippen molar-refractivity contribution in [3.63, 3.8) is 0 Å². The molecule has 0 bridgehead atoms. The zero-order valence-electron chi connectivity index (χ0n) is 12.9. The molecule has 6 nitrogen and oxygen atoms in total. The van der Waals surface area contributed by atoms with Crippen LogP contribution >= 0.6 is 11.6 Å². The normalized spacial score (nSPS) is 10.7. The molecule has 1 aromatic carbocycles. The Morgan fingerprint density at radius 1 is 1.23 bits per heavy atom. The van der Waals surface area contributed by atoms with Crippen molar-refractivity contribution in [3.05, 3.63) is 29.8 Å². The highest BCUT2D eigenvalue weighted by Gasteiger charge is 2.15. The molecule has 0 aliphatic carbocycles. The highest BCUT2D eigenvalue weighted by molar-refractivity contribution is 6.18. The summed E-state index contributed by atoms with van der Waals surface area (Å²) in [6, 6.07) is 7.05. The Morgan fingerprint density at radius 2 is 1.95 bits per heavy atom. The van der Waals surface area contributed by atoms with Crippen LogP contribution in [0.4, 0.5) is 15.3 Å². The number of rotatable bonds is 5. The molecule has 22 heavy (non-hydrogen) atoms. The Bertz CT molecular complexity index is 515. The first-order valence-electron chi connectivity index (χ1n) is 6.86. The van der Waals surface area contributed by atoms with Gasteiger partial charge in [0.05, 0.1) is 5.88 Å². The second-order valence-electron chi connectivity index (χ2n) is 5.51. The molecule has 0 aliphatic rings. The van der Waals surface area contributed by atoms with Crippen LogP contribution in [0.15, 0.2) is 24.3 Å². The van der Waals surface area contributed by atoms with E-state index in [9.17, 15) is 9.59 Å². The molecule has 0 aromatic heterocycles. The van der Waals surface area contributed by atoms with Crippen molar-refractivity contribution < 1.29 is 19.1 Å². The number of amides is 2. The number of alkyl halides is 1. The monoisotopic (exact) mass is 328 g/mol. The van der Waals surface area contributed by atoms with E-state index in [2.05, 4.69) is 10.6 Å². The summed E-state index contributed by atoms with van der Waals surface area (Å²) in [5.41, 5.74) is 0.851. The zero-order valence-corrected chi connectivity index (χ0v) is 13.7. The summed E-state index contributed by atoms with van der Waals surface area (Å²) < 4.78 is 9.96. The van der Waals surface area contributed by atoms with Gasteiger partial charge in [0.25, 0.3) is 0 Å². The van der Waals surface area contributed by atoms with Crippen LogP contribution in [0.25, 0.3) is 0 Å². The summed E-state index contributed by atoms with van der Waals surface area (Å²) in [4.78, 5) is 23.0. The summed E-state index contributed by atoms with van der Waals surface area (Å²) in [5, 5.41) is 5.23. The van der Waals surface area contributed by atoms with Crippen LogP contribution < -0.4 is 10.6 Å². The fourth-order valence-corrected chi connectivity index (χ4v) is 1.61. The van der Waals surface area contributed by atoms with Crippen molar-refractivity contribution in [2.45, 2.75) is 32.9 Å². The molecule has 0 radical (unpaired) electrons. The summed E-state index contributed by atoms with van der Waals surface area (Å²) in [6.45, 7) is 5.82. The maximum absolute atomic E-state index is 11.6. The third-order valence-corrected chi connectivity index (χ3v) is 2.47. The average Bonchev–Trinajstić information content (AvgIpc) is 2.41. The van der Waals surface area contributed by atoms with E-state index >= 15 is 0 Å². The van der Waals surface area contributed by atoms with Gasteiger partial charge in [-0.3, -0.25) is 5.32 Å². The van der Waals surface area contributed by atoms with Crippen LogP contribution in [0.1, 0.15) is 26.3 Å². The quantitative estimate of drug-likeness (QED) is 0.811. The molecule has 0 heterocycles. The molecular weight excluding hydrogens is 308 g/mol. The second kappa shape index (κ2) is 8.48. The van der Waals surface area contributed by atoms with Gasteiger partial charge in [0, 0.05) is 12.2 Å². The molecule has 0 saturated carbocycles. The first-order chi connectivity index (χ1) is 10.3. The second-order valence-corrected chi connectivity index (χ2v) is 5.88. The minimum absolute atomic E-state index is 0.146. The summed E-state index contributed by atoms with van der Waals surface area (Å²) >= 11 is 5.43. The summed E-state index contributed by atoms with van der Waals surface area (Å²) in [5.74, 6) is 0.243. The Balaban J connectivity index is 2.50. The Morgan fingerprint density at radius 3 is 2.59 bits per heavy atom. The van der Waals surface area contributed by atoms with Crippen molar-refractivity contribution in [2.75, 3.05) is 17.8 Å². The predicted molar refractivity (Wildman–Crippen MR) is 85.2 cm³/mol. The predicted octanol–water partition coefficient (Wildman–Crippen LogP) is 3.50. The number of anilines is 1. The molecule has 0 unspecified atom stereocenters. The highest BCUT2D eigenvalue weighted by Crippen LogP contribution is 2.12. The number of halogens is 1. The molecule has 0 fully saturated rings. The number of hydrogen-bond donors (Lipinski definition) is 2. The van der Waals surface area contributed by atoms with E-state index in [0.717, 1.165) is 5.56 Å². The number of carbonyl (C=O) groups excluding carboxylic acids is 2. The standard InChI is InChI=1S/C15H21ClN2O4/c1-15(2,3)22-13(19)17-10-11-5-4-6-12(9-11)18-14(20)21-8-7-16/h4-6,9H,7-8,10H2,1-3H3,(H,17,19)(H,18,20). The molecule has 0 spiro atoms. The van der Waals surface area contributed by atoms with Crippen LogP contribution in [0.5, 0.6) is 0 Å². The largest absolute Gasteiger partial charge is 0.448 e. The van der Waals surface area contributed by atoms with E-state index in [0.29, 0.717) is 12.2 Å². The number of carbonyl (C=O) groups is 2. The number of benzene rings is 1. The van der Waals surface area contributed by atoms with Gasteiger partial charge in [-0.2, -0.15) is 0 Å². The molecule has 2 N–H and O–H groups in total. The van der Waals surface area contributed by atoms with Crippen LogP contribution in [0.3, 0.4) is 0 Å². The van der Waals surface area contributed by atoms with Gasteiger partial charge in [-0.05, 0) is 38.5 Å². The fraction of sp³-hybridized carbons (Fsp3) is 0.467. The van der Waals surface area contributed by atoms with Crippen molar-refractivity contribution in [1.29, 1.82) is 0 Å². The molecule has 122 valence electrons. The van der Waals surface area contributed by atoms with E-state index in [1.165, 1.54) is 0 Å². The zero-order chi connectivity index (χ0) is 16.6. The fourth-order valence-electron chi connectivity index (χ4n) is 1.53. The Kier molecular flexibility index (Phi) is 6.98. The molecule has 1 aromatic rings. The van der Waals surface area contributed by atoms with Crippen molar-refractivity contribution in [1.82, 2.24) is 5.32 Å². The van der Waals surface area contributed by atoms with Crippen LogP contribution in [-0.2, 0) is 16.0 Å². The average molecular weight is 329 g/mol. The lowest BCUT2D eigenvalue weighted by Crippen LogP contribution is -2.32. The van der Waals surface area contributed by atoms with Crippen molar-refractivity contribution in [3.8, 4) is 0 Å². The molecule has 7 heteroatoms. The van der Waals surface area contributed by atoms with Crippen LogP contribution in [0.2, 0.25) is 0 Å². The summed E-state index contributed by atoms with van der Waals surface area (Å²) in [7, 11) is 0. The van der Waals surface area contributed by atoms with E-state index in [4.69, 9.17) is 21.1 Å². The van der Waals surface area contributed by atoms with Gasteiger partial charge in [0.15, 0.2) is 0 Å². The molecule has 2 amide bonds. The molecule has 0 atom stereocenters. The lowest BCUT2D eigenvalue weighted by molar-refractivity contribution is 0.0523.